The van der Waals surface area contributed by atoms with E-state index in [1.165, 1.54) is 6.92 Å². The molecular formula is C30H31N3O7. The number of pyridine rings is 2. The summed E-state index contributed by atoms with van der Waals surface area (Å²) >= 11 is 0. The molecule has 1 aromatic carbocycles. The fourth-order valence-electron chi connectivity index (χ4n) is 5.35. The highest BCUT2D eigenvalue weighted by Crippen LogP contribution is 2.41. The summed E-state index contributed by atoms with van der Waals surface area (Å²) in [4.78, 5) is 69.1. The Labute approximate surface area is 230 Å². The molecule has 1 N–H and O–H groups in total. The second-order valence-corrected chi connectivity index (χ2v) is 10.7. The summed E-state index contributed by atoms with van der Waals surface area (Å²) in [6.45, 7) is 6.60. The van der Waals surface area contributed by atoms with Crippen molar-refractivity contribution in [2.75, 3.05) is 0 Å². The van der Waals surface area contributed by atoms with Crippen LogP contribution in [0.25, 0.3) is 22.3 Å². The zero-order valence-electron chi connectivity index (χ0n) is 22.9. The predicted octanol–water partition coefficient (Wildman–Crippen LogP) is 3.14. The highest BCUT2D eigenvalue weighted by molar-refractivity contribution is 5.91. The molecule has 2 aromatic heterocycles. The number of nitrogens with zero attached hydrogens (tertiary/aromatic N) is 2. The average molecular weight is 546 g/mol. The summed E-state index contributed by atoms with van der Waals surface area (Å²) in [5.74, 6) is -2.61. The van der Waals surface area contributed by atoms with Crippen molar-refractivity contribution in [3.05, 3.63) is 63.4 Å². The molecule has 4 heterocycles. The molecule has 0 radical (unpaired) electrons. The fraction of sp³-hybridized carbons (Fsp3) is 0.400. The molecule has 2 atom stereocenters. The molecule has 0 spiro atoms. The van der Waals surface area contributed by atoms with Crippen molar-refractivity contribution in [3.8, 4) is 11.4 Å². The number of hydrogen-bond acceptors (Lipinski definition) is 8. The quantitative estimate of drug-likeness (QED) is 0.334. The lowest BCUT2D eigenvalue weighted by Crippen LogP contribution is -2.52. The largest absolute Gasteiger partial charge is 0.457 e. The summed E-state index contributed by atoms with van der Waals surface area (Å²) in [6, 6.07) is 10.3. The van der Waals surface area contributed by atoms with E-state index in [0.29, 0.717) is 17.9 Å². The first-order valence-corrected chi connectivity index (χ1v) is 13.4. The topological polar surface area (TPSA) is 134 Å². The highest BCUT2D eigenvalue weighted by atomic mass is 16.6. The Kier molecular flexibility index (Phi) is 7.03. The van der Waals surface area contributed by atoms with Gasteiger partial charge in [0.15, 0.2) is 0 Å². The van der Waals surface area contributed by atoms with E-state index < -0.39 is 29.5 Å². The number of para-hydroxylation sites is 1. The van der Waals surface area contributed by atoms with Gasteiger partial charge in [0.05, 0.1) is 29.0 Å². The Morgan fingerprint density at radius 1 is 1.15 bits per heavy atom. The molecule has 10 nitrogen and oxygen atoms in total. The molecule has 2 aliphatic heterocycles. The van der Waals surface area contributed by atoms with E-state index in [2.05, 4.69) is 5.32 Å². The van der Waals surface area contributed by atoms with E-state index in [9.17, 15) is 24.0 Å². The Morgan fingerprint density at radius 2 is 1.90 bits per heavy atom. The number of ether oxygens (including phenoxy) is 2. The van der Waals surface area contributed by atoms with Crippen molar-refractivity contribution in [3.63, 3.8) is 0 Å². The minimum Gasteiger partial charge on any atom is -0.457 e. The standard InChI is InChI=1S/C30H31N3O7/c1-5-30(40-28(37)25(16(2)3)32-24(35)11-10-17(4)34)21-13-23-26-19(12-18-8-6-7-9-22(18)31-26)14-33(23)27(36)20(21)15-39-29(30)38/h6-9,12-13,16,25H,5,10-11,14-15H2,1-4H3,(H,32,35)/t25-,30?/m0/s1. The third-order valence-corrected chi connectivity index (χ3v) is 7.60. The van der Waals surface area contributed by atoms with Crippen LogP contribution in [-0.2, 0) is 47.4 Å². The summed E-state index contributed by atoms with van der Waals surface area (Å²) in [7, 11) is 0. The minimum absolute atomic E-state index is 0.00850. The van der Waals surface area contributed by atoms with E-state index in [1.807, 2.05) is 30.3 Å². The Hall–Kier alpha value is -4.34. The summed E-state index contributed by atoms with van der Waals surface area (Å²) in [5.41, 5.74) is 1.10. The van der Waals surface area contributed by atoms with Crippen molar-refractivity contribution in [1.82, 2.24) is 14.9 Å². The maximum absolute atomic E-state index is 13.7. The monoisotopic (exact) mass is 545 g/mol. The molecular weight excluding hydrogens is 514 g/mol. The number of amides is 1. The number of cyclic esters (lactones) is 1. The Morgan fingerprint density at radius 3 is 2.60 bits per heavy atom. The van der Waals surface area contributed by atoms with Gasteiger partial charge in [0, 0.05) is 29.4 Å². The van der Waals surface area contributed by atoms with Crippen LogP contribution in [0.1, 0.15) is 63.6 Å². The third-order valence-electron chi connectivity index (χ3n) is 7.60. The van der Waals surface area contributed by atoms with Crippen molar-refractivity contribution < 1.29 is 28.7 Å². The number of rotatable bonds is 8. The number of fused-ring (bicyclic) bond motifs is 5. The number of carbonyl (C=O) groups is 4. The van der Waals surface area contributed by atoms with Gasteiger partial charge in [-0.3, -0.25) is 9.59 Å². The van der Waals surface area contributed by atoms with Gasteiger partial charge in [0.25, 0.3) is 5.56 Å². The van der Waals surface area contributed by atoms with E-state index in [4.69, 9.17) is 14.5 Å². The van der Waals surface area contributed by atoms with E-state index >= 15 is 0 Å². The number of esters is 2. The lowest BCUT2D eigenvalue weighted by molar-refractivity contribution is -0.191. The van der Waals surface area contributed by atoms with Crippen LogP contribution in [0.15, 0.2) is 41.2 Å². The molecule has 0 fully saturated rings. The lowest BCUT2D eigenvalue weighted by atomic mass is 9.85. The van der Waals surface area contributed by atoms with Crippen LogP contribution in [0.3, 0.4) is 0 Å². The van der Waals surface area contributed by atoms with E-state index in [1.54, 1.807) is 31.4 Å². The van der Waals surface area contributed by atoms with Crippen molar-refractivity contribution in [2.45, 2.75) is 71.8 Å². The molecule has 5 rings (SSSR count). The number of Topliss-reactive ketones (excluding diaryl/α,β-unsaturated/α-hetero) is 1. The predicted molar refractivity (Wildman–Crippen MR) is 145 cm³/mol. The minimum atomic E-state index is -1.88. The van der Waals surface area contributed by atoms with E-state index in [0.717, 1.165) is 16.5 Å². The van der Waals surface area contributed by atoms with Crippen molar-refractivity contribution in [2.24, 2.45) is 5.92 Å². The maximum Gasteiger partial charge on any atom is 0.355 e. The Bertz CT molecular complexity index is 1620. The molecule has 0 saturated carbocycles. The molecule has 1 unspecified atom stereocenters. The number of benzene rings is 1. The first kappa shape index (κ1) is 27.2. The second kappa shape index (κ2) is 10.3. The van der Waals surface area contributed by atoms with Gasteiger partial charge in [0.2, 0.25) is 11.5 Å². The molecule has 0 saturated heterocycles. The lowest BCUT2D eigenvalue weighted by Gasteiger charge is -2.37. The van der Waals surface area contributed by atoms with Crippen LogP contribution in [0.4, 0.5) is 0 Å². The van der Waals surface area contributed by atoms with Crippen LogP contribution >= 0.6 is 0 Å². The molecule has 40 heavy (non-hydrogen) atoms. The highest BCUT2D eigenvalue weighted by Gasteiger charge is 2.51. The van der Waals surface area contributed by atoms with Gasteiger partial charge in [-0.2, -0.15) is 0 Å². The van der Waals surface area contributed by atoms with Crippen LogP contribution in [0.2, 0.25) is 0 Å². The number of ketones is 1. The third kappa shape index (κ3) is 4.57. The van der Waals surface area contributed by atoms with Gasteiger partial charge >= 0.3 is 11.9 Å². The molecule has 10 heteroatoms. The van der Waals surface area contributed by atoms with Gasteiger partial charge in [-0.25, -0.2) is 14.6 Å². The van der Waals surface area contributed by atoms with Crippen LogP contribution in [0.5, 0.6) is 0 Å². The number of nitrogens with one attached hydrogen (secondary N) is 1. The zero-order valence-corrected chi connectivity index (χ0v) is 22.9. The molecule has 1 amide bonds. The first-order valence-electron chi connectivity index (χ1n) is 13.4. The summed E-state index contributed by atoms with van der Waals surface area (Å²) in [5, 5.41) is 3.58. The number of carbonyl (C=O) groups excluding carboxylic acids is 4. The summed E-state index contributed by atoms with van der Waals surface area (Å²) < 4.78 is 12.9. The molecule has 0 bridgehead atoms. The first-order chi connectivity index (χ1) is 19.1. The van der Waals surface area contributed by atoms with E-state index in [-0.39, 0.29) is 54.3 Å². The summed E-state index contributed by atoms with van der Waals surface area (Å²) in [6.07, 6.45) is -0.0155. The zero-order chi connectivity index (χ0) is 28.8. The van der Waals surface area contributed by atoms with Crippen LogP contribution < -0.4 is 10.9 Å². The maximum atomic E-state index is 13.7. The molecule has 0 aliphatic carbocycles. The molecule has 208 valence electrons. The SMILES string of the molecule is CCC1(OC(=O)[C@@H](NC(=O)CCC(C)=O)C(C)C)C(=O)OCc2c1cc1n(c2=O)Cc2cc3ccccc3nc2-1. The smallest absolute Gasteiger partial charge is 0.355 e. The van der Waals surface area contributed by atoms with Crippen LogP contribution in [-0.4, -0.2) is 39.2 Å². The number of aromatic nitrogens is 2. The van der Waals surface area contributed by atoms with Gasteiger partial charge in [-0.05, 0) is 37.5 Å². The Balaban J connectivity index is 1.55. The number of hydrogen-bond donors (Lipinski definition) is 1. The average Bonchev–Trinajstić information content (AvgIpc) is 3.28. The van der Waals surface area contributed by atoms with Gasteiger partial charge in [-0.1, -0.05) is 39.0 Å². The van der Waals surface area contributed by atoms with Crippen molar-refractivity contribution >= 4 is 34.5 Å². The van der Waals surface area contributed by atoms with Crippen molar-refractivity contribution in [1.29, 1.82) is 0 Å². The van der Waals surface area contributed by atoms with Gasteiger partial charge in [0.1, 0.15) is 18.4 Å². The second-order valence-electron chi connectivity index (χ2n) is 10.7. The fourth-order valence-corrected chi connectivity index (χ4v) is 5.35. The van der Waals surface area contributed by atoms with Gasteiger partial charge in [-0.15, -0.1) is 0 Å². The normalized spacial score (nSPS) is 18.0. The molecule has 3 aromatic rings. The van der Waals surface area contributed by atoms with Crippen LogP contribution in [0, 0.1) is 5.92 Å². The molecule has 2 aliphatic rings. The van der Waals surface area contributed by atoms with Gasteiger partial charge < -0.3 is 24.2 Å².